The summed E-state index contributed by atoms with van der Waals surface area (Å²) in [5, 5.41) is 22.1. The summed E-state index contributed by atoms with van der Waals surface area (Å²) in [7, 11) is 1.93. The standard InChI is InChI=1S/C22H34O3/c1-20-6-5-15-17(18(20)12-8-13(12)19(20)25-3)14-9-16(14)22(24)10-11(23)4-7-21(15,22)2/h11-19,23-24H,4-10H2,1-3H3. The quantitative estimate of drug-likeness (QED) is 0.766. The van der Waals surface area contributed by atoms with E-state index in [2.05, 4.69) is 13.8 Å². The molecule has 6 rings (SSSR count). The second-order valence-electron chi connectivity index (χ2n) is 11.2. The Labute approximate surface area is 151 Å². The van der Waals surface area contributed by atoms with Gasteiger partial charge < -0.3 is 14.9 Å². The van der Waals surface area contributed by atoms with E-state index in [1.54, 1.807) is 0 Å². The molecule has 12 unspecified atom stereocenters. The third-order valence-electron chi connectivity index (χ3n) is 10.6. The number of hydrogen-bond acceptors (Lipinski definition) is 3. The highest BCUT2D eigenvalue weighted by molar-refractivity contribution is 5.27. The minimum atomic E-state index is -0.605. The molecule has 0 heterocycles. The molecule has 0 aromatic carbocycles. The largest absolute Gasteiger partial charge is 0.393 e. The predicted octanol–water partition coefficient (Wildman–Crippen LogP) is 3.23. The molecule has 6 saturated carbocycles. The van der Waals surface area contributed by atoms with Crippen molar-refractivity contribution in [3.63, 3.8) is 0 Å². The highest BCUT2D eigenvalue weighted by atomic mass is 16.5. The van der Waals surface area contributed by atoms with E-state index in [1.165, 1.54) is 25.7 Å². The Kier molecular flexibility index (Phi) is 2.84. The third-order valence-corrected chi connectivity index (χ3v) is 10.6. The lowest BCUT2D eigenvalue weighted by atomic mass is 9.43. The summed E-state index contributed by atoms with van der Waals surface area (Å²) in [6.45, 7) is 4.92. The van der Waals surface area contributed by atoms with E-state index in [-0.39, 0.29) is 11.5 Å². The van der Waals surface area contributed by atoms with Crippen LogP contribution in [-0.2, 0) is 4.74 Å². The maximum Gasteiger partial charge on any atom is 0.0759 e. The van der Waals surface area contributed by atoms with Crippen molar-refractivity contribution in [3.8, 4) is 0 Å². The zero-order chi connectivity index (χ0) is 17.4. The lowest BCUT2D eigenvalue weighted by Crippen LogP contribution is -2.64. The first kappa shape index (κ1) is 15.9. The van der Waals surface area contributed by atoms with Crippen molar-refractivity contribution in [2.75, 3.05) is 7.11 Å². The van der Waals surface area contributed by atoms with Gasteiger partial charge in [-0.05, 0) is 90.8 Å². The van der Waals surface area contributed by atoms with Crippen molar-refractivity contribution in [2.45, 2.75) is 76.6 Å². The molecular formula is C22H34O3. The van der Waals surface area contributed by atoms with E-state index in [4.69, 9.17) is 4.74 Å². The van der Waals surface area contributed by atoms with Crippen LogP contribution in [0.15, 0.2) is 0 Å². The van der Waals surface area contributed by atoms with Crippen LogP contribution in [0.5, 0.6) is 0 Å². The Morgan fingerprint density at radius 3 is 2.52 bits per heavy atom. The fraction of sp³-hybridized carbons (Fsp3) is 1.00. The summed E-state index contributed by atoms with van der Waals surface area (Å²) in [5.41, 5.74) is -0.214. The van der Waals surface area contributed by atoms with Crippen molar-refractivity contribution in [1.29, 1.82) is 0 Å². The molecule has 12 atom stereocenters. The molecule has 0 bridgehead atoms. The fourth-order valence-corrected chi connectivity index (χ4v) is 9.51. The maximum atomic E-state index is 11.8. The molecule has 25 heavy (non-hydrogen) atoms. The fourth-order valence-electron chi connectivity index (χ4n) is 9.51. The van der Waals surface area contributed by atoms with Crippen LogP contribution >= 0.6 is 0 Å². The van der Waals surface area contributed by atoms with Gasteiger partial charge in [-0.25, -0.2) is 0 Å². The predicted molar refractivity (Wildman–Crippen MR) is 94.7 cm³/mol. The van der Waals surface area contributed by atoms with Gasteiger partial charge in [0.1, 0.15) is 0 Å². The van der Waals surface area contributed by atoms with Crippen LogP contribution in [0.2, 0.25) is 0 Å². The molecule has 6 fully saturated rings. The average molecular weight is 347 g/mol. The maximum absolute atomic E-state index is 11.8. The molecule has 6 aliphatic carbocycles. The second kappa shape index (κ2) is 4.47. The van der Waals surface area contributed by atoms with Crippen LogP contribution in [0.4, 0.5) is 0 Å². The molecule has 6 aliphatic rings. The van der Waals surface area contributed by atoms with Gasteiger partial charge in [-0.15, -0.1) is 0 Å². The molecule has 0 spiro atoms. The van der Waals surface area contributed by atoms with E-state index < -0.39 is 5.60 Å². The summed E-state index contributed by atoms with van der Waals surface area (Å²) in [6.07, 6.45) is 7.84. The molecule has 0 aromatic rings. The first-order valence-corrected chi connectivity index (χ1v) is 10.8. The van der Waals surface area contributed by atoms with Gasteiger partial charge in [-0.1, -0.05) is 13.8 Å². The molecule has 3 nitrogen and oxygen atoms in total. The van der Waals surface area contributed by atoms with E-state index in [1.807, 2.05) is 7.11 Å². The van der Waals surface area contributed by atoms with Gasteiger partial charge in [0.2, 0.25) is 0 Å². The number of fused-ring (bicyclic) bond motifs is 10. The Hall–Kier alpha value is -0.120. The lowest BCUT2D eigenvalue weighted by Gasteiger charge is -2.64. The van der Waals surface area contributed by atoms with Crippen LogP contribution in [0.1, 0.15) is 58.8 Å². The zero-order valence-corrected chi connectivity index (χ0v) is 15.9. The molecule has 140 valence electrons. The Morgan fingerprint density at radius 2 is 1.76 bits per heavy atom. The SMILES string of the molecule is COC1C2CC2C2C3C4CC4C4(O)CC(O)CCC4(C)C3CCC12C. The van der Waals surface area contributed by atoms with Crippen molar-refractivity contribution < 1.29 is 14.9 Å². The summed E-state index contributed by atoms with van der Waals surface area (Å²) in [6, 6.07) is 0. The van der Waals surface area contributed by atoms with Gasteiger partial charge >= 0.3 is 0 Å². The third kappa shape index (κ3) is 1.62. The summed E-state index contributed by atoms with van der Waals surface area (Å²) in [5.74, 6) is 5.17. The monoisotopic (exact) mass is 346 g/mol. The minimum Gasteiger partial charge on any atom is -0.393 e. The van der Waals surface area contributed by atoms with Gasteiger partial charge in [0.05, 0.1) is 17.8 Å². The van der Waals surface area contributed by atoms with Crippen LogP contribution in [0, 0.1) is 52.3 Å². The van der Waals surface area contributed by atoms with Crippen LogP contribution in [0.3, 0.4) is 0 Å². The number of aliphatic hydroxyl groups is 2. The van der Waals surface area contributed by atoms with Crippen LogP contribution in [-0.4, -0.2) is 35.1 Å². The normalized spacial score (nSPS) is 69.7. The highest BCUT2D eigenvalue weighted by Gasteiger charge is 2.78. The van der Waals surface area contributed by atoms with E-state index >= 15 is 0 Å². The van der Waals surface area contributed by atoms with Crippen molar-refractivity contribution in [2.24, 2.45) is 52.3 Å². The van der Waals surface area contributed by atoms with E-state index in [9.17, 15) is 10.2 Å². The second-order valence-corrected chi connectivity index (χ2v) is 11.2. The molecular weight excluding hydrogens is 312 g/mol. The zero-order valence-electron chi connectivity index (χ0n) is 15.9. The molecule has 0 aromatic heterocycles. The Balaban J connectivity index is 1.42. The average Bonchev–Trinajstić information content (AvgIpc) is 3.45. The molecule has 0 amide bonds. The molecule has 0 radical (unpaired) electrons. The summed E-state index contributed by atoms with van der Waals surface area (Å²) in [4.78, 5) is 0. The van der Waals surface area contributed by atoms with Gasteiger partial charge in [0.15, 0.2) is 0 Å². The van der Waals surface area contributed by atoms with Crippen LogP contribution < -0.4 is 0 Å². The van der Waals surface area contributed by atoms with Crippen molar-refractivity contribution in [3.05, 3.63) is 0 Å². The van der Waals surface area contributed by atoms with Crippen molar-refractivity contribution in [1.82, 2.24) is 0 Å². The van der Waals surface area contributed by atoms with Gasteiger partial charge in [0, 0.05) is 13.5 Å². The van der Waals surface area contributed by atoms with Gasteiger partial charge in [-0.3, -0.25) is 0 Å². The van der Waals surface area contributed by atoms with Gasteiger partial charge in [0.25, 0.3) is 0 Å². The molecule has 2 N–H and O–H groups in total. The number of rotatable bonds is 1. The van der Waals surface area contributed by atoms with Gasteiger partial charge in [-0.2, -0.15) is 0 Å². The molecule has 0 aliphatic heterocycles. The minimum absolute atomic E-state index is 0.0193. The topological polar surface area (TPSA) is 49.7 Å². The Bertz CT molecular complexity index is 620. The smallest absolute Gasteiger partial charge is 0.0759 e. The van der Waals surface area contributed by atoms with E-state index in [0.717, 1.165) is 42.4 Å². The molecule has 3 heteroatoms. The first-order valence-electron chi connectivity index (χ1n) is 10.8. The lowest BCUT2D eigenvalue weighted by molar-refractivity contribution is -0.230. The summed E-state index contributed by atoms with van der Waals surface area (Å²) < 4.78 is 6.05. The highest BCUT2D eigenvalue weighted by Crippen LogP contribution is 2.79. The summed E-state index contributed by atoms with van der Waals surface area (Å²) >= 11 is 0. The molecule has 0 saturated heterocycles. The number of ether oxygens (including phenoxy) is 1. The number of hydrogen-bond donors (Lipinski definition) is 2. The van der Waals surface area contributed by atoms with E-state index in [0.29, 0.717) is 29.8 Å². The Morgan fingerprint density at radius 1 is 0.960 bits per heavy atom. The first-order chi connectivity index (χ1) is 11.8. The van der Waals surface area contributed by atoms with Crippen molar-refractivity contribution >= 4 is 0 Å². The number of methoxy groups -OCH3 is 1. The number of aliphatic hydroxyl groups excluding tert-OH is 1. The van der Waals surface area contributed by atoms with Crippen LogP contribution in [0.25, 0.3) is 0 Å².